The molecular weight excluding hydrogens is 324 g/mol. The molecule has 0 saturated carbocycles. The summed E-state index contributed by atoms with van der Waals surface area (Å²) in [5, 5.41) is 6.61. The van der Waals surface area contributed by atoms with E-state index in [9.17, 15) is 4.79 Å². The minimum atomic E-state index is -0.226. The number of carbonyl (C=O) groups is 1. The molecule has 2 heterocycles. The smallest absolute Gasteiger partial charge is 0.270 e. The van der Waals surface area contributed by atoms with Gasteiger partial charge in [-0.1, -0.05) is 23.7 Å². The first-order valence-electron chi connectivity index (χ1n) is 7.37. The summed E-state index contributed by atoms with van der Waals surface area (Å²) >= 11 is 6.10. The van der Waals surface area contributed by atoms with Crippen LogP contribution in [-0.4, -0.2) is 15.9 Å². The Hall–Kier alpha value is -2.92. The molecule has 120 valence electrons. The number of halogens is 1. The Morgan fingerprint density at radius 1 is 1.04 bits per heavy atom. The zero-order valence-corrected chi connectivity index (χ0v) is 13.5. The molecule has 5 nitrogen and oxygen atoms in total. The summed E-state index contributed by atoms with van der Waals surface area (Å²) in [6.07, 6.45) is 4.98. The molecule has 2 N–H and O–H groups in total. The predicted octanol–water partition coefficient (Wildman–Crippen LogP) is 3.80. The van der Waals surface area contributed by atoms with Gasteiger partial charge in [-0.15, -0.1) is 0 Å². The molecule has 0 atom stereocenters. The maximum Gasteiger partial charge on any atom is 0.270 e. The molecule has 0 radical (unpaired) electrons. The quantitative estimate of drug-likeness (QED) is 0.742. The minimum absolute atomic E-state index is 0.226. The van der Waals surface area contributed by atoms with Gasteiger partial charge in [0.2, 0.25) is 0 Å². The fraction of sp³-hybridized carbons (Fsp3) is 0.0556. The molecule has 3 aromatic rings. The van der Waals surface area contributed by atoms with Crippen LogP contribution in [0.1, 0.15) is 16.1 Å². The van der Waals surface area contributed by atoms with Crippen LogP contribution in [0.2, 0.25) is 5.02 Å². The number of rotatable bonds is 5. The van der Waals surface area contributed by atoms with Gasteiger partial charge in [0, 0.05) is 18.9 Å². The van der Waals surface area contributed by atoms with E-state index in [0.29, 0.717) is 17.3 Å². The normalized spacial score (nSPS) is 10.2. The predicted molar refractivity (Wildman–Crippen MR) is 94.4 cm³/mol. The van der Waals surface area contributed by atoms with Crippen molar-refractivity contribution in [2.24, 2.45) is 0 Å². The number of carbonyl (C=O) groups excluding carboxylic acids is 1. The highest BCUT2D eigenvalue weighted by Crippen LogP contribution is 2.24. The van der Waals surface area contributed by atoms with Crippen molar-refractivity contribution in [1.82, 2.24) is 15.3 Å². The van der Waals surface area contributed by atoms with Crippen LogP contribution in [0.5, 0.6) is 0 Å². The first-order chi connectivity index (χ1) is 11.7. The summed E-state index contributed by atoms with van der Waals surface area (Å²) in [4.78, 5) is 20.2. The molecule has 0 saturated heterocycles. The zero-order chi connectivity index (χ0) is 16.8. The molecular formula is C18H15ClN4O. The second-order valence-electron chi connectivity index (χ2n) is 5.08. The van der Waals surface area contributed by atoms with Crippen LogP contribution >= 0.6 is 11.6 Å². The van der Waals surface area contributed by atoms with Gasteiger partial charge in [-0.2, -0.15) is 0 Å². The van der Waals surface area contributed by atoms with Crippen LogP contribution in [0.15, 0.2) is 67.1 Å². The molecule has 0 bridgehead atoms. The Kier molecular flexibility index (Phi) is 5.03. The third-order valence-corrected chi connectivity index (χ3v) is 3.68. The van der Waals surface area contributed by atoms with Crippen molar-refractivity contribution in [1.29, 1.82) is 0 Å². The summed E-state index contributed by atoms with van der Waals surface area (Å²) in [7, 11) is 0. The van der Waals surface area contributed by atoms with Gasteiger partial charge in [0.05, 0.1) is 22.6 Å². The second-order valence-corrected chi connectivity index (χ2v) is 5.48. The number of anilines is 2. The first kappa shape index (κ1) is 16.0. The van der Waals surface area contributed by atoms with Crippen LogP contribution in [0.4, 0.5) is 11.4 Å². The van der Waals surface area contributed by atoms with Crippen molar-refractivity contribution in [2.45, 2.75) is 6.54 Å². The molecule has 1 amide bonds. The van der Waals surface area contributed by atoms with E-state index in [0.717, 1.165) is 16.9 Å². The zero-order valence-electron chi connectivity index (χ0n) is 12.7. The van der Waals surface area contributed by atoms with E-state index in [2.05, 4.69) is 20.6 Å². The highest BCUT2D eigenvalue weighted by atomic mass is 35.5. The van der Waals surface area contributed by atoms with Crippen molar-refractivity contribution >= 4 is 28.9 Å². The molecule has 6 heteroatoms. The van der Waals surface area contributed by atoms with E-state index in [1.807, 2.05) is 30.3 Å². The third kappa shape index (κ3) is 4.08. The fourth-order valence-electron chi connectivity index (χ4n) is 2.09. The first-order valence-corrected chi connectivity index (χ1v) is 7.75. The Balaban J connectivity index is 1.61. The van der Waals surface area contributed by atoms with E-state index < -0.39 is 0 Å². The van der Waals surface area contributed by atoms with Crippen LogP contribution in [0, 0.1) is 0 Å². The van der Waals surface area contributed by atoms with Gasteiger partial charge in [-0.05, 0) is 42.0 Å². The average molecular weight is 339 g/mol. The van der Waals surface area contributed by atoms with Gasteiger partial charge in [0.15, 0.2) is 0 Å². The lowest BCUT2D eigenvalue weighted by atomic mass is 10.2. The standard InChI is InChI=1S/C18H15ClN4O/c19-15-3-1-2-4-16(15)23-14-5-6-17(21-12-14)18(24)22-11-13-7-9-20-10-8-13/h1-10,12,23H,11H2,(H,22,24). The van der Waals surface area contributed by atoms with Crippen molar-refractivity contribution in [3.63, 3.8) is 0 Å². The lowest BCUT2D eigenvalue weighted by molar-refractivity contribution is 0.0946. The van der Waals surface area contributed by atoms with E-state index >= 15 is 0 Å². The van der Waals surface area contributed by atoms with E-state index in [1.54, 1.807) is 36.8 Å². The molecule has 1 aromatic carbocycles. The molecule has 0 unspecified atom stereocenters. The topological polar surface area (TPSA) is 66.9 Å². The molecule has 0 aliphatic rings. The summed E-state index contributed by atoms with van der Waals surface area (Å²) in [6.45, 7) is 0.433. The van der Waals surface area contributed by atoms with E-state index in [4.69, 9.17) is 11.6 Å². The average Bonchev–Trinajstić information content (AvgIpc) is 2.63. The maximum atomic E-state index is 12.1. The highest BCUT2D eigenvalue weighted by Gasteiger charge is 2.07. The minimum Gasteiger partial charge on any atom is -0.353 e. The number of aromatic nitrogens is 2. The van der Waals surface area contributed by atoms with Gasteiger partial charge in [0.1, 0.15) is 5.69 Å². The van der Waals surface area contributed by atoms with Gasteiger partial charge in [-0.3, -0.25) is 9.78 Å². The van der Waals surface area contributed by atoms with Gasteiger partial charge in [-0.25, -0.2) is 4.98 Å². The molecule has 3 rings (SSSR count). The van der Waals surface area contributed by atoms with Crippen LogP contribution < -0.4 is 10.6 Å². The molecule has 2 aromatic heterocycles. The van der Waals surface area contributed by atoms with Crippen molar-refractivity contribution in [3.8, 4) is 0 Å². The number of para-hydroxylation sites is 1. The number of hydrogen-bond acceptors (Lipinski definition) is 4. The Labute approximate surface area is 144 Å². The van der Waals surface area contributed by atoms with Crippen LogP contribution in [0.3, 0.4) is 0 Å². The van der Waals surface area contributed by atoms with Gasteiger partial charge < -0.3 is 10.6 Å². The fourth-order valence-corrected chi connectivity index (χ4v) is 2.28. The molecule has 0 aliphatic carbocycles. The largest absolute Gasteiger partial charge is 0.353 e. The number of amides is 1. The lowest BCUT2D eigenvalue weighted by Gasteiger charge is -2.09. The van der Waals surface area contributed by atoms with Gasteiger partial charge in [0.25, 0.3) is 5.91 Å². The summed E-state index contributed by atoms with van der Waals surface area (Å²) in [5.41, 5.74) is 2.88. The monoisotopic (exact) mass is 338 g/mol. The van der Waals surface area contributed by atoms with Crippen molar-refractivity contribution < 1.29 is 4.79 Å². The number of pyridine rings is 2. The number of nitrogens with one attached hydrogen (secondary N) is 2. The second kappa shape index (κ2) is 7.57. The number of nitrogens with zero attached hydrogens (tertiary/aromatic N) is 2. The van der Waals surface area contributed by atoms with Crippen molar-refractivity contribution in [3.05, 3.63) is 83.4 Å². The third-order valence-electron chi connectivity index (χ3n) is 3.35. The SMILES string of the molecule is O=C(NCc1ccncc1)c1ccc(Nc2ccccc2Cl)cn1. The molecule has 0 aliphatic heterocycles. The van der Waals surface area contributed by atoms with Crippen molar-refractivity contribution in [2.75, 3.05) is 5.32 Å². The Bertz CT molecular complexity index is 822. The Morgan fingerprint density at radius 2 is 1.83 bits per heavy atom. The lowest BCUT2D eigenvalue weighted by Crippen LogP contribution is -2.23. The number of benzene rings is 1. The summed E-state index contributed by atoms with van der Waals surface area (Å²) in [6, 6.07) is 14.6. The van der Waals surface area contributed by atoms with E-state index in [-0.39, 0.29) is 5.91 Å². The van der Waals surface area contributed by atoms with Gasteiger partial charge >= 0.3 is 0 Å². The van der Waals surface area contributed by atoms with E-state index in [1.165, 1.54) is 0 Å². The maximum absolute atomic E-state index is 12.1. The van der Waals surface area contributed by atoms with Crippen LogP contribution in [-0.2, 0) is 6.54 Å². The molecule has 24 heavy (non-hydrogen) atoms. The molecule has 0 spiro atoms. The van der Waals surface area contributed by atoms with Crippen LogP contribution in [0.25, 0.3) is 0 Å². The summed E-state index contributed by atoms with van der Waals surface area (Å²) < 4.78 is 0. The summed E-state index contributed by atoms with van der Waals surface area (Å²) in [5.74, 6) is -0.226. The molecule has 0 fully saturated rings. The highest BCUT2D eigenvalue weighted by molar-refractivity contribution is 6.33. The number of hydrogen-bond donors (Lipinski definition) is 2. The Morgan fingerprint density at radius 3 is 2.54 bits per heavy atom.